The lowest BCUT2D eigenvalue weighted by Crippen LogP contribution is -2.56. The van der Waals surface area contributed by atoms with Gasteiger partial charge in [0.1, 0.15) is 0 Å². The quantitative estimate of drug-likeness (QED) is 0.811. The molecule has 3 rings (SSSR count). The van der Waals surface area contributed by atoms with Crippen LogP contribution in [-0.4, -0.2) is 71.5 Å². The van der Waals surface area contributed by atoms with Gasteiger partial charge >= 0.3 is 0 Å². The summed E-state index contributed by atoms with van der Waals surface area (Å²) in [5.74, 6) is 1.12. The van der Waals surface area contributed by atoms with E-state index in [2.05, 4.69) is 38.6 Å². The minimum atomic E-state index is 0.0726. The molecule has 0 spiro atoms. The number of amides is 1. The predicted molar refractivity (Wildman–Crippen MR) is 85.6 cm³/mol. The van der Waals surface area contributed by atoms with Gasteiger partial charge in [-0.1, -0.05) is 0 Å². The van der Waals surface area contributed by atoms with Gasteiger partial charge in [-0.25, -0.2) is 9.97 Å². The zero-order valence-corrected chi connectivity index (χ0v) is 13.5. The number of carbonyl (C=O) groups excluding carboxylic acids is 1. The van der Waals surface area contributed by atoms with Gasteiger partial charge in [-0.3, -0.25) is 4.79 Å². The topological polar surface area (TPSA) is 52.6 Å². The van der Waals surface area contributed by atoms with Gasteiger partial charge in [0.25, 0.3) is 0 Å². The molecule has 6 heteroatoms. The normalized spacial score (nSPS) is 27.0. The SMILES string of the molecule is C[C@@H]1CN(C)CCN1C(=O)[C@@H]1CCCN(c2ncccn2)C1. The van der Waals surface area contributed by atoms with Crippen molar-refractivity contribution in [2.45, 2.75) is 25.8 Å². The fourth-order valence-corrected chi connectivity index (χ4v) is 3.52. The Hall–Kier alpha value is -1.69. The van der Waals surface area contributed by atoms with E-state index in [1.54, 1.807) is 12.4 Å². The molecule has 2 aliphatic heterocycles. The molecule has 2 saturated heterocycles. The van der Waals surface area contributed by atoms with Crippen LogP contribution < -0.4 is 4.90 Å². The van der Waals surface area contributed by atoms with E-state index in [9.17, 15) is 4.79 Å². The average molecular weight is 303 g/mol. The van der Waals surface area contributed by atoms with Crippen molar-refractivity contribution in [2.75, 3.05) is 44.7 Å². The second kappa shape index (κ2) is 6.60. The summed E-state index contributed by atoms with van der Waals surface area (Å²) in [4.78, 5) is 28.0. The molecule has 0 radical (unpaired) electrons. The summed E-state index contributed by atoms with van der Waals surface area (Å²) in [7, 11) is 2.12. The van der Waals surface area contributed by atoms with Crippen molar-refractivity contribution in [3.05, 3.63) is 18.5 Å². The van der Waals surface area contributed by atoms with Crippen molar-refractivity contribution in [1.82, 2.24) is 19.8 Å². The third-order valence-electron chi connectivity index (χ3n) is 4.72. The molecule has 2 atom stereocenters. The van der Waals surface area contributed by atoms with E-state index >= 15 is 0 Å². The van der Waals surface area contributed by atoms with E-state index in [1.807, 2.05) is 6.07 Å². The van der Waals surface area contributed by atoms with Crippen LogP contribution in [0.5, 0.6) is 0 Å². The van der Waals surface area contributed by atoms with Gasteiger partial charge < -0.3 is 14.7 Å². The molecule has 0 saturated carbocycles. The van der Waals surface area contributed by atoms with Gasteiger partial charge in [0.2, 0.25) is 11.9 Å². The van der Waals surface area contributed by atoms with Gasteiger partial charge in [-0.05, 0) is 32.9 Å². The molecule has 2 aliphatic rings. The number of nitrogens with zero attached hydrogens (tertiary/aromatic N) is 5. The molecule has 1 aromatic rings. The molecular weight excluding hydrogens is 278 g/mol. The number of aromatic nitrogens is 2. The lowest BCUT2D eigenvalue weighted by molar-refractivity contribution is -0.140. The summed E-state index contributed by atoms with van der Waals surface area (Å²) in [6.07, 6.45) is 5.52. The van der Waals surface area contributed by atoms with Crippen LogP contribution in [0, 0.1) is 5.92 Å². The van der Waals surface area contributed by atoms with Gasteiger partial charge in [0, 0.05) is 51.2 Å². The van der Waals surface area contributed by atoms with Gasteiger partial charge in [-0.15, -0.1) is 0 Å². The molecule has 120 valence electrons. The van der Waals surface area contributed by atoms with Crippen molar-refractivity contribution in [2.24, 2.45) is 5.92 Å². The van der Waals surface area contributed by atoms with Gasteiger partial charge in [0.05, 0.1) is 5.92 Å². The Bertz CT molecular complexity index is 509. The maximum Gasteiger partial charge on any atom is 0.227 e. The monoisotopic (exact) mass is 303 g/mol. The maximum absolute atomic E-state index is 12.9. The van der Waals surface area contributed by atoms with Crippen LogP contribution in [0.15, 0.2) is 18.5 Å². The molecular formula is C16H25N5O. The molecule has 0 unspecified atom stereocenters. The minimum absolute atomic E-state index is 0.0726. The van der Waals surface area contributed by atoms with Crippen LogP contribution in [0.2, 0.25) is 0 Å². The highest BCUT2D eigenvalue weighted by atomic mass is 16.2. The number of piperidine rings is 1. The smallest absolute Gasteiger partial charge is 0.227 e. The zero-order valence-electron chi connectivity index (χ0n) is 13.5. The van der Waals surface area contributed by atoms with E-state index in [0.717, 1.165) is 51.5 Å². The first kappa shape index (κ1) is 15.2. The highest BCUT2D eigenvalue weighted by Gasteiger charge is 2.33. The Balaban J connectivity index is 1.65. The number of hydrogen-bond donors (Lipinski definition) is 0. The van der Waals surface area contributed by atoms with Gasteiger partial charge in [-0.2, -0.15) is 0 Å². The van der Waals surface area contributed by atoms with Crippen LogP contribution in [0.3, 0.4) is 0 Å². The first-order valence-electron chi connectivity index (χ1n) is 8.16. The van der Waals surface area contributed by atoms with Crippen molar-refractivity contribution < 1.29 is 4.79 Å². The fraction of sp³-hybridized carbons (Fsp3) is 0.688. The molecule has 0 aromatic carbocycles. The minimum Gasteiger partial charge on any atom is -0.340 e. The molecule has 2 fully saturated rings. The summed E-state index contributed by atoms with van der Waals surface area (Å²) in [5, 5.41) is 0. The Labute approximate surface area is 132 Å². The summed E-state index contributed by atoms with van der Waals surface area (Å²) in [6, 6.07) is 2.12. The van der Waals surface area contributed by atoms with Crippen molar-refractivity contribution in [3.63, 3.8) is 0 Å². The summed E-state index contributed by atoms with van der Waals surface area (Å²) >= 11 is 0. The Morgan fingerprint density at radius 1 is 1.18 bits per heavy atom. The lowest BCUT2D eigenvalue weighted by atomic mass is 9.95. The Morgan fingerprint density at radius 2 is 1.95 bits per heavy atom. The molecule has 0 aliphatic carbocycles. The first-order chi connectivity index (χ1) is 10.6. The Kier molecular flexibility index (Phi) is 4.57. The van der Waals surface area contributed by atoms with Crippen molar-refractivity contribution in [1.29, 1.82) is 0 Å². The second-order valence-corrected chi connectivity index (χ2v) is 6.48. The maximum atomic E-state index is 12.9. The van der Waals surface area contributed by atoms with Crippen molar-refractivity contribution in [3.8, 4) is 0 Å². The standard InChI is InChI=1S/C16H25N5O/c1-13-11-19(2)9-10-21(13)15(22)14-5-3-8-20(12-14)16-17-6-4-7-18-16/h4,6-7,13-14H,3,5,8-12H2,1-2H3/t13-,14-/m1/s1. The van der Waals surface area contributed by atoms with Crippen LogP contribution >= 0.6 is 0 Å². The van der Waals surface area contributed by atoms with Crippen LogP contribution in [0.1, 0.15) is 19.8 Å². The van der Waals surface area contributed by atoms with E-state index in [0.29, 0.717) is 11.9 Å². The number of carbonyl (C=O) groups is 1. The highest BCUT2D eigenvalue weighted by Crippen LogP contribution is 2.23. The summed E-state index contributed by atoms with van der Waals surface area (Å²) < 4.78 is 0. The average Bonchev–Trinajstić information content (AvgIpc) is 2.55. The van der Waals surface area contributed by atoms with Gasteiger partial charge in [0.15, 0.2) is 0 Å². The molecule has 22 heavy (non-hydrogen) atoms. The largest absolute Gasteiger partial charge is 0.340 e. The van der Waals surface area contributed by atoms with E-state index < -0.39 is 0 Å². The lowest BCUT2D eigenvalue weighted by Gasteiger charge is -2.41. The molecule has 0 N–H and O–H groups in total. The van der Waals surface area contributed by atoms with Crippen LogP contribution in [0.4, 0.5) is 5.95 Å². The van der Waals surface area contributed by atoms with E-state index in [4.69, 9.17) is 0 Å². The predicted octanol–water partition coefficient (Wildman–Crippen LogP) is 0.855. The third-order valence-corrected chi connectivity index (χ3v) is 4.72. The Morgan fingerprint density at radius 3 is 2.68 bits per heavy atom. The molecule has 1 amide bonds. The first-order valence-corrected chi connectivity index (χ1v) is 8.16. The number of anilines is 1. The molecule has 6 nitrogen and oxygen atoms in total. The molecule has 0 bridgehead atoms. The number of likely N-dealkylation sites (N-methyl/N-ethyl adjacent to an activating group) is 1. The fourth-order valence-electron chi connectivity index (χ4n) is 3.52. The van der Waals surface area contributed by atoms with E-state index in [-0.39, 0.29) is 5.92 Å². The van der Waals surface area contributed by atoms with Crippen LogP contribution in [-0.2, 0) is 4.79 Å². The second-order valence-electron chi connectivity index (χ2n) is 6.48. The zero-order chi connectivity index (χ0) is 15.5. The summed E-state index contributed by atoms with van der Waals surface area (Å²) in [6.45, 7) is 6.59. The van der Waals surface area contributed by atoms with E-state index in [1.165, 1.54) is 0 Å². The van der Waals surface area contributed by atoms with Crippen LogP contribution in [0.25, 0.3) is 0 Å². The number of hydrogen-bond acceptors (Lipinski definition) is 5. The third kappa shape index (κ3) is 3.21. The summed E-state index contributed by atoms with van der Waals surface area (Å²) in [5.41, 5.74) is 0. The highest BCUT2D eigenvalue weighted by molar-refractivity contribution is 5.80. The molecule has 1 aromatic heterocycles. The number of piperazine rings is 1. The number of rotatable bonds is 2. The van der Waals surface area contributed by atoms with Crippen molar-refractivity contribution >= 4 is 11.9 Å². The molecule has 3 heterocycles.